The molecule has 0 N–H and O–H groups in total. The third kappa shape index (κ3) is 4.41. The van der Waals surface area contributed by atoms with Crippen molar-refractivity contribution in [1.29, 1.82) is 0 Å². The van der Waals surface area contributed by atoms with Crippen LogP contribution in [-0.4, -0.2) is 0 Å². The Morgan fingerprint density at radius 2 is 0.891 bits per heavy atom. The summed E-state index contributed by atoms with van der Waals surface area (Å²) in [6.45, 7) is 4.75. The normalized spacial score (nSPS) is 14.6. The molecule has 0 amide bonds. The maximum absolute atomic E-state index is 2.54. The molecule has 0 aromatic heterocycles. The summed E-state index contributed by atoms with van der Waals surface area (Å²) in [6.07, 6.45) is 4.61. The van der Waals surface area contributed by atoms with Crippen LogP contribution in [-0.2, 0) is 10.8 Å². The molecule has 8 aromatic carbocycles. The van der Waals surface area contributed by atoms with Crippen molar-refractivity contribution < 1.29 is 0 Å². The van der Waals surface area contributed by atoms with Crippen LogP contribution in [0.5, 0.6) is 0 Å². The van der Waals surface area contributed by atoms with Crippen molar-refractivity contribution in [2.45, 2.75) is 24.7 Å². The second-order valence-corrected chi connectivity index (χ2v) is 15.6. The zero-order chi connectivity index (χ0) is 36.7. The number of benzene rings is 8. The van der Waals surface area contributed by atoms with E-state index in [2.05, 4.69) is 219 Å². The summed E-state index contributed by atoms with van der Waals surface area (Å²) in [5.41, 5.74) is 20.9. The predicted octanol–water partition coefficient (Wildman–Crippen LogP) is 14.0. The number of hydrogen-bond acceptors (Lipinski definition) is 1. The SMILES string of the molecule is CC1(C)c2ccccc2-c2ccc(N(c3ccccc3-c3ccccc3)c3cccc4c3-c3ccccc3C43c4ccccc4C=Cc4ccccc43)cc21. The summed E-state index contributed by atoms with van der Waals surface area (Å²) in [7, 11) is 0. The molecule has 0 atom stereocenters. The Hall–Kier alpha value is -6.70. The number of hydrogen-bond donors (Lipinski definition) is 0. The van der Waals surface area contributed by atoms with Gasteiger partial charge in [0.15, 0.2) is 0 Å². The quantitative estimate of drug-likeness (QED) is 0.177. The van der Waals surface area contributed by atoms with E-state index in [1.807, 2.05) is 0 Å². The molecule has 8 aromatic rings. The van der Waals surface area contributed by atoms with E-state index in [1.54, 1.807) is 0 Å². The molecule has 3 aliphatic carbocycles. The van der Waals surface area contributed by atoms with Crippen LogP contribution in [0.25, 0.3) is 45.5 Å². The molecule has 55 heavy (non-hydrogen) atoms. The lowest BCUT2D eigenvalue weighted by Crippen LogP contribution is -2.30. The van der Waals surface area contributed by atoms with E-state index in [0.717, 1.165) is 11.4 Å². The number of fused-ring (bicyclic) bond motifs is 12. The van der Waals surface area contributed by atoms with Crippen molar-refractivity contribution in [1.82, 2.24) is 0 Å². The van der Waals surface area contributed by atoms with Crippen molar-refractivity contribution in [2.24, 2.45) is 0 Å². The lowest BCUT2D eigenvalue weighted by molar-refractivity contribution is 0.660. The second-order valence-electron chi connectivity index (χ2n) is 15.6. The standard InChI is InChI=1S/C54H39N/c1-53(2)46-26-13-8-22-41(46)42-34-33-39(35-49(42)53)55(50-29-15-10-21-40(50)36-17-4-3-5-18-36)51-30-16-28-48-52(51)43-23-9-14-27-47(43)54(48)44-24-11-6-19-37(44)31-32-38-20-7-12-25-45(38)54/h3-35H,1-2H3. The summed E-state index contributed by atoms with van der Waals surface area (Å²) >= 11 is 0. The molecule has 0 fully saturated rings. The van der Waals surface area contributed by atoms with Gasteiger partial charge in [-0.25, -0.2) is 0 Å². The van der Waals surface area contributed by atoms with Crippen LogP contribution in [0.4, 0.5) is 17.1 Å². The van der Waals surface area contributed by atoms with Crippen molar-refractivity contribution >= 4 is 29.2 Å². The highest BCUT2D eigenvalue weighted by Crippen LogP contribution is 2.62. The Bertz CT molecular complexity index is 2810. The molecule has 11 rings (SSSR count). The minimum Gasteiger partial charge on any atom is -0.309 e. The molecule has 0 saturated heterocycles. The highest BCUT2D eigenvalue weighted by molar-refractivity contribution is 6.01. The minimum absolute atomic E-state index is 0.136. The smallest absolute Gasteiger partial charge is 0.0725 e. The first-order chi connectivity index (χ1) is 27.1. The van der Waals surface area contributed by atoms with Gasteiger partial charge in [-0.1, -0.05) is 190 Å². The third-order valence-corrected chi connectivity index (χ3v) is 12.5. The lowest BCUT2D eigenvalue weighted by atomic mass is 9.66. The van der Waals surface area contributed by atoms with Gasteiger partial charge in [0.1, 0.15) is 0 Å². The minimum atomic E-state index is -0.509. The first-order valence-corrected chi connectivity index (χ1v) is 19.4. The van der Waals surface area contributed by atoms with E-state index >= 15 is 0 Å². The fourth-order valence-corrected chi connectivity index (χ4v) is 10.1. The van der Waals surface area contributed by atoms with Crippen LogP contribution in [0.1, 0.15) is 58.4 Å². The van der Waals surface area contributed by atoms with Gasteiger partial charge in [-0.05, 0) is 91.0 Å². The molecule has 0 bridgehead atoms. The van der Waals surface area contributed by atoms with Crippen LogP contribution in [0, 0.1) is 0 Å². The molecule has 0 heterocycles. The van der Waals surface area contributed by atoms with Gasteiger partial charge in [-0.2, -0.15) is 0 Å². The average molecular weight is 702 g/mol. The van der Waals surface area contributed by atoms with Gasteiger partial charge in [0.2, 0.25) is 0 Å². The van der Waals surface area contributed by atoms with Gasteiger partial charge in [0.25, 0.3) is 0 Å². The average Bonchev–Trinajstić information content (AvgIpc) is 3.60. The van der Waals surface area contributed by atoms with Gasteiger partial charge in [-0.3, -0.25) is 0 Å². The molecular weight excluding hydrogens is 663 g/mol. The Morgan fingerprint density at radius 1 is 0.364 bits per heavy atom. The predicted molar refractivity (Wildman–Crippen MR) is 230 cm³/mol. The lowest BCUT2D eigenvalue weighted by Gasteiger charge is -2.36. The first kappa shape index (κ1) is 31.8. The Kier molecular flexibility index (Phi) is 6.88. The van der Waals surface area contributed by atoms with Gasteiger partial charge in [-0.15, -0.1) is 0 Å². The summed E-state index contributed by atoms with van der Waals surface area (Å²) in [4.78, 5) is 2.54. The highest BCUT2D eigenvalue weighted by Gasteiger charge is 2.49. The van der Waals surface area contributed by atoms with E-state index in [0.29, 0.717) is 0 Å². The fourth-order valence-electron chi connectivity index (χ4n) is 10.1. The topological polar surface area (TPSA) is 3.24 Å². The second kappa shape index (κ2) is 11.9. The Balaban J connectivity index is 1.24. The molecule has 0 aliphatic heterocycles. The van der Waals surface area contributed by atoms with Crippen LogP contribution < -0.4 is 4.90 Å². The van der Waals surface area contributed by atoms with E-state index in [4.69, 9.17) is 0 Å². The van der Waals surface area contributed by atoms with Crippen LogP contribution in [0.2, 0.25) is 0 Å². The number of anilines is 3. The van der Waals surface area contributed by atoms with Crippen LogP contribution >= 0.6 is 0 Å². The molecule has 260 valence electrons. The third-order valence-electron chi connectivity index (χ3n) is 12.5. The zero-order valence-corrected chi connectivity index (χ0v) is 31.0. The van der Waals surface area contributed by atoms with E-state index in [1.165, 1.54) is 83.6 Å². The highest BCUT2D eigenvalue weighted by atomic mass is 15.1. The van der Waals surface area contributed by atoms with Crippen molar-refractivity contribution in [2.75, 3.05) is 4.90 Å². The first-order valence-electron chi connectivity index (χ1n) is 19.4. The summed E-state index contributed by atoms with van der Waals surface area (Å²) in [5.74, 6) is 0. The van der Waals surface area contributed by atoms with Crippen LogP contribution in [0.15, 0.2) is 188 Å². The van der Waals surface area contributed by atoms with Crippen molar-refractivity contribution in [3.8, 4) is 33.4 Å². The molecule has 0 unspecified atom stereocenters. The summed E-state index contributed by atoms with van der Waals surface area (Å²) in [6, 6.07) is 70.0. The van der Waals surface area contributed by atoms with Crippen molar-refractivity contribution in [3.05, 3.63) is 233 Å². The maximum atomic E-state index is 2.54. The largest absolute Gasteiger partial charge is 0.309 e. The monoisotopic (exact) mass is 701 g/mol. The van der Waals surface area contributed by atoms with Crippen LogP contribution in [0.3, 0.4) is 0 Å². The van der Waals surface area contributed by atoms with Gasteiger partial charge in [0.05, 0.1) is 16.8 Å². The maximum Gasteiger partial charge on any atom is 0.0725 e. The number of para-hydroxylation sites is 1. The van der Waals surface area contributed by atoms with Gasteiger partial charge in [0, 0.05) is 22.2 Å². The van der Waals surface area contributed by atoms with E-state index in [9.17, 15) is 0 Å². The fraction of sp³-hybridized carbons (Fsp3) is 0.0741. The summed E-state index contributed by atoms with van der Waals surface area (Å²) in [5, 5.41) is 0. The molecule has 1 spiro atoms. The molecule has 3 aliphatic rings. The van der Waals surface area contributed by atoms with Crippen molar-refractivity contribution in [3.63, 3.8) is 0 Å². The Labute approximate surface area is 323 Å². The molecule has 1 heteroatoms. The van der Waals surface area contributed by atoms with Gasteiger partial charge >= 0.3 is 0 Å². The number of rotatable bonds is 4. The zero-order valence-electron chi connectivity index (χ0n) is 31.0. The molecule has 0 radical (unpaired) electrons. The molecular formula is C54H39N. The summed E-state index contributed by atoms with van der Waals surface area (Å²) < 4.78 is 0. The molecule has 0 saturated carbocycles. The van der Waals surface area contributed by atoms with Gasteiger partial charge < -0.3 is 4.90 Å². The van der Waals surface area contributed by atoms with E-state index in [-0.39, 0.29) is 5.41 Å². The Morgan fingerprint density at radius 3 is 1.62 bits per heavy atom. The molecule has 1 nitrogen and oxygen atoms in total. The van der Waals surface area contributed by atoms with E-state index < -0.39 is 5.41 Å². The number of nitrogens with zero attached hydrogens (tertiary/aromatic N) is 1.